The van der Waals surface area contributed by atoms with Crippen LogP contribution in [0.1, 0.15) is 55.1 Å². The van der Waals surface area contributed by atoms with Gasteiger partial charge in [-0.05, 0) is 49.6 Å². The van der Waals surface area contributed by atoms with Crippen molar-refractivity contribution in [3.05, 3.63) is 71.2 Å². The molecular formula is C25H25F2N5O3S. The monoisotopic (exact) mass is 513 g/mol. The first-order valence-corrected chi connectivity index (χ1v) is 12.7. The summed E-state index contributed by atoms with van der Waals surface area (Å²) in [5.41, 5.74) is -0.154. The molecule has 2 aromatic heterocycles. The van der Waals surface area contributed by atoms with Gasteiger partial charge in [-0.2, -0.15) is 0 Å². The Morgan fingerprint density at radius 1 is 1.06 bits per heavy atom. The zero-order valence-corrected chi connectivity index (χ0v) is 20.9. The van der Waals surface area contributed by atoms with Crippen molar-refractivity contribution in [2.75, 3.05) is 5.32 Å². The summed E-state index contributed by atoms with van der Waals surface area (Å²) >= 11 is 0. The van der Waals surface area contributed by atoms with Crippen LogP contribution < -0.4 is 10.5 Å². The van der Waals surface area contributed by atoms with E-state index in [1.807, 2.05) is 27.7 Å². The van der Waals surface area contributed by atoms with Crippen LogP contribution in [0.15, 0.2) is 47.8 Å². The molecule has 0 aliphatic carbocycles. The molecule has 0 fully saturated rings. The summed E-state index contributed by atoms with van der Waals surface area (Å²) in [4.78, 5) is 24.3. The second-order valence-corrected chi connectivity index (χ2v) is 10.5. The maximum atomic E-state index is 15.9. The summed E-state index contributed by atoms with van der Waals surface area (Å²) in [5.74, 6) is -2.92. The molecule has 4 aromatic rings. The third-order valence-corrected chi connectivity index (χ3v) is 6.69. The number of primary sulfonamides is 1. The molecule has 0 amide bonds. The van der Waals surface area contributed by atoms with Crippen molar-refractivity contribution in [1.82, 2.24) is 15.0 Å². The van der Waals surface area contributed by atoms with Crippen LogP contribution in [0.4, 0.5) is 14.6 Å². The Bertz CT molecular complexity index is 1600. The van der Waals surface area contributed by atoms with Gasteiger partial charge in [0.25, 0.3) is 0 Å². The standard InChI is InChI=1S/C25H25F2N5O3S/c1-12(2)14-5-8-19(36(28,34)35)16(9-14)15-6-7-18(26)21(22(15)27)23(33)17-10-29-24-20(17)25(31-11-30-24)32-13(3)4/h5-13H,1-4H3,(H2,28,34,35)(H2,29,30,31,32). The molecule has 36 heavy (non-hydrogen) atoms. The van der Waals surface area contributed by atoms with E-state index < -0.39 is 33.0 Å². The van der Waals surface area contributed by atoms with Crippen molar-refractivity contribution in [2.45, 2.75) is 44.6 Å². The Morgan fingerprint density at radius 3 is 2.42 bits per heavy atom. The largest absolute Gasteiger partial charge is 0.367 e. The number of aromatic nitrogens is 3. The van der Waals surface area contributed by atoms with E-state index in [2.05, 4.69) is 20.3 Å². The number of nitrogens with one attached hydrogen (secondary N) is 2. The maximum Gasteiger partial charge on any atom is 0.238 e. The van der Waals surface area contributed by atoms with Crippen LogP contribution in [0.5, 0.6) is 0 Å². The Labute approximate surface area is 207 Å². The molecule has 0 aliphatic rings. The molecule has 0 spiro atoms. The number of hydrogen-bond acceptors (Lipinski definition) is 6. The van der Waals surface area contributed by atoms with Crippen molar-refractivity contribution < 1.29 is 22.0 Å². The highest BCUT2D eigenvalue weighted by atomic mass is 32.2. The van der Waals surface area contributed by atoms with E-state index in [9.17, 15) is 17.6 Å². The van der Waals surface area contributed by atoms with E-state index in [4.69, 9.17) is 5.14 Å². The Hall–Kier alpha value is -3.70. The molecule has 0 aliphatic heterocycles. The summed E-state index contributed by atoms with van der Waals surface area (Å²) in [6.45, 7) is 7.51. The minimum Gasteiger partial charge on any atom is -0.367 e. The lowest BCUT2D eigenvalue weighted by molar-refractivity contribution is 0.103. The molecule has 8 nitrogen and oxygen atoms in total. The van der Waals surface area contributed by atoms with Crippen molar-refractivity contribution in [3.63, 3.8) is 0 Å². The van der Waals surface area contributed by atoms with Gasteiger partial charge in [-0.15, -0.1) is 0 Å². The van der Waals surface area contributed by atoms with Crippen molar-refractivity contribution in [2.24, 2.45) is 5.14 Å². The summed E-state index contributed by atoms with van der Waals surface area (Å²) < 4.78 is 55.4. The second-order valence-electron chi connectivity index (χ2n) is 9.02. The molecule has 2 heterocycles. The van der Waals surface area contributed by atoms with Gasteiger partial charge in [0, 0.05) is 23.4 Å². The van der Waals surface area contributed by atoms with Gasteiger partial charge in [-0.1, -0.05) is 19.9 Å². The van der Waals surface area contributed by atoms with Crippen molar-refractivity contribution in [3.8, 4) is 11.1 Å². The van der Waals surface area contributed by atoms with Crippen LogP contribution in [0.25, 0.3) is 22.2 Å². The summed E-state index contributed by atoms with van der Waals surface area (Å²) in [6, 6.07) is 6.34. The number of ketones is 1. The van der Waals surface area contributed by atoms with E-state index in [1.54, 1.807) is 6.07 Å². The van der Waals surface area contributed by atoms with Gasteiger partial charge in [0.15, 0.2) is 0 Å². The Balaban J connectivity index is 1.95. The summed E-state index contributed by atoms with van der Waals surface area (Å²) in [6.07, 6.45) is 2.62. The quantitative estimate of drug-likeness (QED) is 0.306. The molecular weight excluding hydrogens is 488 g/mol. The molecule has 0 radical (unpaired) electrons. The average Bonchev–Trinajstić information content (AvgIpc) is 3.23. The van der Waals surface area contributed by atoms with Gasteiger partial charge in [0.05, 0.1) is 21.4 Å². The van der Waals surface area contributed by atoms with Gasteiger partial charge < -0.3 is 10.3 Å². The van der Waals surface area contributed by atoms with Crippen LogP contribution in [0, 0.1) is 11.6 Å². The Morgan fingerprint density at radius 2 is 1.78 bits per heavy atom. The number of anilines is 1. The number of fused-ring (bicyclic) bond motifs is 1. The molecule has 0 unspecified atom stereocenters. The number of carbonyl (C=O) groups excluding carboxylic acids is 1. The number of nitrogens with two attached hydrogens (primary N) is 1. The third kappa shape index (κ3) is 4.59. The predicted molar refractivity (Wildman–Crippen MR) is 133 cm³/mol. The fourth-order valence-electron chi connectivity index (χ4n) is 3.99. The maximum absolute atomic E-state index is 15.9. The van der Waals surface area contributed by atoms with Crippen molar-refractivity contribution in [1.29, 1.82) is 0 Å². The van der Waals surface area contributed by atoms with Crippen LogP contribution >= 0.6 is 0 Å². The van der Waals surface area contributed by atoms with Gasteiger partial charge in [0.1, 0.15) is 29.4 Å². The lowest BCUT2D eigenvalue weighted by Crippen LogP contribution is -2.15. The molecule has 0 saturated heterocycles. The van der Waals surface area contributed by atoms with Crippen LogP contribution in [0.2, 0.25) is 0 Å². The first-order chi connectivity index (χ1) is 16.9. The number of rotatable bonds is 7. The number of carbonyl (C=O) groups is 1. The molecule has 0 atom stereocenters. The van der Waals surface area contributed by atoms with E-state index in [-0.39, 0.29) is 38.9 Å². The van der Waals surface area contributed by atoms with Gasteiger partial charge >= 0.3 is 0 Å². The van der Waals surface area contributed by atoms with Gasteiger partial charge in [-0.25, -0.2) is 32.3 Å². The topological polar surface area (TPSA) is 131 Å². The SMILES string of the molecule is CC(C)Nc1ncnc2[nH]cc(C(=O)c3c(F)ccc(-c4cc(C(C)C)ccc4S(N)(=O)=O)c3F)c12. The number of hydrogen-bond donors (Lipinski definition) is 3. The van der Waals surface area contributed by atoms with Crippen LogP contribution in [-0.4, -0.2) is 35.2 Å². The molecule has 188 valence electrons. The van der Waals surface area contributed by atoms with E-state index in [1.165, 1.54) is 24.7 Å². The molecule has 4 N–H and O–H groups in total. The van der Waals surface area contributed by atoms with E-state index in [0.29, 0.717) is 17.0 Å². The summed E-state index contributed by atoms with van der Waals surface area (Å²) in [5, 5.41) is 8.76. The number of benzene rings is 2. The zero-order valence-electron chi connectivity index (χ0n) is 20.1. The number of H-pyrrole nitrogens is 1. The third-order valence-electron chi connectivity index (χ3n) is 5.73. The Kier molecular flexibility index (Phi) is 6.63. The van der Waals surface area contributed by atoms with E-state index in [0.717, 1.165) is 12.1 Å². The highest BCUT2D eigenvalue weighted by Crippen LogP contribution is 2.35. The van der Waals surface area contributed by atoms with Crippen molar-refractivity contribution >= 4 is 32.7 Å². The van der Waals surface area contributed by atoms with Gasteiger partial charge in [-0.3, -0.25) is 4.79 Å². The number of nitrogens with zero attached hydrogens (tertiary/aromatic N) is 2. The molecule has 0 bridgehead atoms. The normalized spacial score (nSPS) is 12.0. The predicted octanol–water partition coefficient (Wildman–Crippen LogP) is 4.73. The molecule has 2 aromatic carbocycles. The highest BCUT2D eigenvalue weighted by molar-refractivity contribution is 7.89. The lowest BCUT2D eigenvalue weighted by atomic mass is 9.94. The fourth-order valence-corrected chi connectivity index (χ4v) is 4.73. The minimum atomic E-state index is -4.25. The number of halogens is 2. The number of sulfonamides is 1. The van der Waals surface area contributed by atoms with Crippen LogP contribution in [-0.2, 0) is 10.0 Å². The second kappa shape index (κ2) is 9.40. The van der Waals surface area contributed by atoms with E-state index >= 15 is 4.39 Å². The average molecular weight is 514 g/mol. The molecule has 4 rings (SSSR count). The smallest absolute Gasteiger partial charge is 0.238 e. The number of aromatic amines is 1. The highest BCUT2D eigenvalue weighted by Gasteiger charge is 2.28. The van der Waals surface area contributed by atoms with Crippen LogP contribution in [0.3, 0.4) is 0 Å². The molecule has 0 saturated carbocycles. The zero-order chi connectivity index (χ0) is 26.4. The summed E-state index contributed by atoms with van der Waals surface area (Å²) in [7, 11) is -4.25. The first-order valence-electron chi connectivity index (χ1n) is 11.2. The minimum absolute atomic E-state index is 0.0130. The lowest BCUT2D eigenvalue weighted by Gasteiger charge is -2.15. The first kappa shape index (κ1) is 25.4. The molecule has 11 heteroatoms. The van der Waals surface area contributed by atoms with Gasteiger partial charge in [0.2, 0.25) is 15.8 Å². The fraction of sp³-hybridized carbons (Fsp3) is 0.240.